The molecule has 3 saturated carbocycles. The van der Waals surface area contributed by atoms with Crippen molar-refractivity contribution in [2.24, 2.45) is 17.8 Å². The molecule has 5 rings (SSSR count). The minimum absolute atomic E-state index is 0.00592. The third-order valence-corrected chi connectivity index (χ3v) is 9.07. The summed E-state index contributed by atoms with van der Waals surface area (Å²) in [6, 6.07) is -1.08. The quantitative estimate of drug-likeness (QED) is 0.403. The summed E-state index contributed by atoms with van der Waals surface area (Å²) < 4.78 is 44.2. The molecule has 3 aliphatic rings. The molecule has 1 amide bonds. The molecule has 8 nitrogen and oxygen atoms in total. The SMILES string of the molecule is O=C(CN(C(=O)c1cnn(C2CCC(C(=O)O)CC2)c1C(F)(F)F)C1CC2CCC1C2)c1c(Cl)cncc1Cl. The summed E-state index contributed by atoms with van der Waals surface area (Å²) in [6.45, 7) is -0.484. The zero-order chi connectivity index (χ0) is 28.1. The Labute approximate surface area is 232 Å². The fourth-order valence-corrected chi connectivity index (χ4v) is 7.22. The zero-order valence-corrected chi connectivity index (χ0v) is 22.3. The summed E-state index contributed by atoms with van der Waals surface area (Å²) in [6.07, 6.45) is 2.65. The maximum absolute atomic E-state index is 14.5. The summed E-state index contributed by atoms with van der Waals surface area (Å²) in [5.74, 6) is -2.64. The maximum atomic E-state index is 14.5. The number of pyridine rings is 1. The highest BCUT2D eigenvalue weighted by atomic mass is 35.5. The van der Waals surface area contributed by atoms with Crippen LogP contribution in [0.3, 0.4) is 0 Å². The summed E-state index contributed by atoms with van der Waals surface area (Å²) in [7, 11) is 0. The number of carboxylic acid groups (broad SMARTS) is 1. The van der Waals surface area contributed by atoms with E-state index in [0.29, 0.717) is 12.3 Å². The van der Waals surface area contributed by atoms with E-state index in [1.54, 1.807) is 0 Å². The van der Waals surface area contributed by atoms with Gasteiger partial charge in [-0.15, -0.1) is 0 Å². The van der Waals surface area contributed by atoms with Gasteiger partial charge in [0.05, 0.1) is 45.9 Å². The number of aliphatic carboxylic acids is 1. The Hall–Kier alpha value is -2.66. The molecule has 3 unspecified atom stereocenters. The summed E-state index contributed by atoms with van der Waals surface area (Å²) in [5.41, 5.74) is -1.83. The number of aromatic nitrogens is 3. The molecule has 13 heteroatoms. The van der Waals surface area contributed by atoms with Crippen LogP contribution in [0.2, 0.25) is 10.0 Å². The third-order valence-electron chi connectivity index (χ3n) is 8.49. The average Bonchev–Trinajstić information content (AvgIpc) is 3.62. The molecule has 0 radical (unpaired) electrons. The molecule has 3 aliphatic carbocycles. The van der Waals surface area contributed by atoms with Crippen molar-refractivity contribution in [1.82, 2.24) is 19.7 Å². The standard InChI is InChI=1S/C26H27Cl2F3N4O4/c27-18-10-32-11-19(28)22(18)21(36)12-34(20-8-13-1-2-15(20)7-13)24(37)17-9-33-35(23(17)26(29,30)31)16-5-3-14(4-6-16)25(38)39/h9-11,13-16,20H,1-8,12H2,(H,38,39). The Kier molecular flexibility index (Phi) is 7.67. The van der Waals surface area contributed by atoms with Crippen LogP contribution in [0.25, 0.3) is 0 Å². The van der Waals surface area contributed by atoms with Crippen molar-refractivity contribution in [3.8, 4) is 0 Å². The van der Waals surface area contributed by atoms with Gasteiger partial charge in [-0.2, -0.15) is 18.3 Å². The second kappa shape index (κ2) is 10.7. The highest BCUT2D eigenvalue weighted by Crippen LogP contribution is 2.47. The topological polar surface area (TPSA) is 105 Å². The molecule has 2 aromatic heterocycles. The van der Waals surface area contributed by atoms with Crippen LogP contribution in [0.1, 0.15) is 83.8 Å². The fraction of sp³-hybridized carbons (Fsp3) is 0.577. The highest BCUT2D eigenvalue weighted by molar-refractivity contribution is 6.39. The van der Waals surface area contributed by atoms with E-state index in [-0.39, 0.29) is 47.2 Å². The summed E-state index contributed by atoms with van der Waals surface area (Å²) >= 11 is 12.3. The van der Waals surface area contributed by atoms with Crippen molar-refractivity contribution in [3.05, 3.63) is 45.5 Å². The lowest BCUT2D eigenvalue weighted by Crippen LogP contribution is -2.46. The van der Waals surface area contributed by atoms with Crippen LogP contribution >= 0.6 is 23.2 Å². The van der Waals surface area contributed by atoms with Gasteiger partial charge in [0, 0.05) is 18.4 Å². The first-order valence-corrected chi connectivity index (χ1v) is 13.7. The number of hydrogen-bond donors (Lipinski definition) is 1. The zero-order valence-electron chi connectivity index (χ0n) is 20.8. The number of carbonyl (C=O) groups is 3. The number of alkyl halides is 3. The van der Waals surface area contributed by atoms with Crippen LogP contribution in [0.4, 0.5) is 13.2 Å². The Morgan fingerprint density at radius 1 is 1.00 bits per heavy atom. The van der Waals surface area contributed by atoms with Crippen molar-refractivity contribution < 1.29 is 32.7 Å². The molecule has 2 bridgehead atoms. The molecule has 0 saturated heterocycles. The van der Waals surface area contributed by atoms with Crippen molar-refractivity contribution in [2.75, 3.05) is 6.54 Å². The molecule has 0 aliphatic heterocycles. The van der Waals surface area contributed by atoms with Gasteiger partial charge < -0.3 is 10.0 Å². The minimum Gasteiger partial charge on any atom is -0.481 e. The van der Waals surface area contributed by atoms with E-state index in [0.717, 1.165) is 30.1 Å². The Morgan fingerprint density at radius 3 is 2.21 bits per heavy atom. The molecule has 3 atom stereocenters. The molecular weight excluding hydrogens is 560 g/mol. The number of carbonyl (C=O) groups excluding carboxylic acids is 2. The van der Waals surface area contributed by atoms with Crippen LogP contribution in [0.15, 0.2) is 18.6 Å². The van der Waals surface area contributed by atoms with Crippen LogP contribution in [-0.2, 0) is 11.0 Å². The predicted molar refractivity (Wildman–Crippen MR) is 135 cm³/mol. The number of hydrogen-bond acceptors (Lipinski definition) is 5. The van der Waals surface area contributed by atoms with Crippen LogP contribution in [0.5, 0.6) is 0 Å². The number of carboxylic acids is 1. The minimum atomic E-state index is -4.90. The first-order chi connectivity index (χ1) is 18.5. The number of rotatable bonds is 7. The molecular formula is C26H27Cl2F3N4O4. The molecule has 2 heterocycles. The van der Waals surface area contributed by atoms with Crippen molar-refractivity contribution >= 4 is 40.9 Å². The van der Waals surface area contributed by atoms with E-state index in [1.807, 2.05) is 0 Å². The lowest BCUT2D eigenvalue weighted by Gasteiger charge is -2.34. The van der Waals surface area contributed by atoms with E-state index in [4.69, 9.17) is 23.2 Å². The summed E-state index contributed by atoms with van der Waals surface area (Å²) in [4.78, 5) is 43.6. The molecule has 1 N–H and O–H groups in total. The molecule has 39 heavy (non-hydrogen) atoms. The van der Waals surface area contributed by atoms with Gasteiger partial charge in [-0.25, -0.2) is 0 Å². The third kappa shape index (κ3) is 5.39. The van der Waals surface area contributed by atoms with E-state index in [2.05, 4.69) is 10.1 Å². The fourth-order valence-electron chi connectivity index (χ4n) is 6.64. The Balaban J connectivity index is 1.49. The van der Waals surface area contributed by atoms with Crippen LogP contribution in [-0.4, -0.2) is 55.0 Å². The molecule has 210 valence electrons. The van der Waals surface area contributed by atoms with Gasteiger partial charge in [0.1, 0.15) is 0 Å². The van der Waals surface area contributed by atoms with E-state index >= 15 is 0 Å². The van der Waals surface area contributed by atoms with Gasteiger partial charge >= 0.3 is 12.1 Å². The lowest BCUT2D eigenvalue weighted by atomic mass is 9.86. The number of amides is 1. The second-order valence-electron chi connectivity index (χ2n) is 10.8. The van der Waals surface area contributed by atoms with E-state index in [9.17, 15) is 32.7 Å². The highest BCUT2D eigenvalue weighted by Gasteiger charge is 2.48. The largest absolute Gasteiger partial charge is 0.481 e. The van der Waals surface area contributed by atoms with Gasteiger partial charge in [-0.05, 0) is 56.8 Å². The summed E-state index contributed by atoms with van der Waals surface area (Å²) in [5, 5.41) is 13.2. The van der Waals surface area contributed by atoms with E-state index < -0.39 is 59.6 Å². The predicted octanol–water partition coefficient (Wildman–Crippen LogP) is 5.93. The van der Waals surface area contributed by atoms with Gasteiger partial charge in [0.15, 0.2) is 11.5 Å². The number of nitrogens with zero attached hydrogens (tertiary/aromatic N) is 4. The van der Waals surface area contributed by atoms with Crippen molar-refractivity contribution in [2.45, 2.75) is 69.6 Å². The average molecular weight is 587 g/mol. The molecule has 3 fully saturated rings. The lowest BCUT2D eigenvalue weighted by molar-refractivity contribution is -0.147. The molecule has 2 aromatic rings. The van der Waals surface area contributed by atoms with Crippen molar-refractivity contribution in [1.29, 1.82) is 0 Å². The number of ketones is 1. The maximum Gasteiger partial charge on any atom is 0.433 e. The molecule has 0 aromatic carbocycles. The van der Waals surface area contributed by atoms with Crippen LogP contribution in [0, 0.1) is 17.8 Å². The Bertz CT molecular complexity index is 1270. The van der Waals surface area contributed by atoms with Gasteiger partial charge in [-0.1, -0.05) is 29.6 Å². The molecule has 0 spiro atoms. The number of halogens is 5. The monoisotopic (exact) mass is 586 g/mol. The van der Waals surface area contributed by atoms with Gasteiger partial charge in [-0.3, -0.25) is 24.0 Å². The van der Waals surface area contributed by atoms with Gasteiger partial charge in [0.2, 0.25) is 0 Å². The van der Waals surface area contributed by atoms with Crippen LogP contribution < -0.4 is 0 Å². The first kappa shape index (κ1) is 27.9. The number of fused-ring (bicyclic) bond motifs is 2. The normalized spacial score (nSPS) is 26.5. The Morgan fingerprint density at radius 2 is 1.67 bits per heavy atom. The van der Waals surface area contributed by atoms with Gasteiger partial charge in [0.25, 0.3) is 5.91 Å². The number of Topliss-reactive ketones (excluding diaryl/α,β-unsaturated/α-hetero) is 1. The second-order valence-corrected chi connectivity index (χ2v) is 11.6. The smallest absolute Gasteiger partial charge is 0.433 e. The first-order valence-electron chi connectivity index (χ1n) is 13.0. The van der Waals surface area contributed by atoms with E-state index in [1.165, 1.54) is 17.3 Å². The van der Waals surface area contributed by atoms with Crippen molar-refractivity contribution in [3.63, 3.8) is 0 Å².